The Morgan fingerprint density at radius 2 is 2.29 bits per heavy atom. The van der Waals surface area contributed by atoms with E-state index in [1.165, 1.54) is 6.07 Å². The Hall–Kier alpha value is -1.42. The zero-order chi connectivity index (χ0) is 10.7. The van der Waals surface area contributed by atoms with Crippen LogP contribution in [-0.2, 0) is 11.2 Å². The van der Waals surface area contributed by atoms with Crippen molar-refractivity contribution in [3.63, 3.8) is 0 Å². The average molecular weight is 197 g/mol. The fraction of sp³-hybridized carbons (Fsp3) is 0.300. The van der Waals surface area contributed by atoms with Crippen LogP contribution in [0.3, 0.4) is 0 Å². The molecule has 0 saturated carbocycles. The zero-order valence-corrected chi connectivity index (χ0v) is 7.83. The molecule has 3 N–H and O–H groups in total. The van der Waals surface area contributed by atoms with Crippen molar-refractivity contribution >= 4 is 5.97 Å². The van der Waals surface area contributed by atoms with Crippen LogP contribution in [0.1, 0.15) is 11.1 Å². The third-order valence-electron chi connectivity index (χ3n) is 2.01. The van der Waals surface area contributed by atoms with Gasteiger partial charge in [-0.1, -0.05) is 12.1 Å². The number of aryl methyl sites for hydroxylation is 1. The second-order valence-corrected chi connectivity index (χ2v) is 3.23. The van der Waals surface area contributed by atoms with E-state index in [0.29, 0.717) is 11.1 Å². The first-order valence-electron chi connectivity index (χ1n) is 4.24. The fourth-order valence-electron chi connectivity index (χ4n) is 1.10. The molecule has 0 aromatic heterocycles. The van der Waals surface area contributed by atoms with E-state index in [1.54, 1.807) is 19.1 Å². The highest BCUT2D eigenvalue weighted by atomic mass is 19.1. The number of carboxylic acids is 1. The van der Waals surface area contributed by atoms with Gasteiger partial charge in [0.2, 0.25) is 0 Å². The van der Waals surface area contributed by atoms with Crippen LogP contribution in [-0.4, -0.2) is 17.1 Å². The Balaban J connectivity index is 2.78. The molecule has 0 spiro atoms. The molecule has 0 unspecified atom stereocenters. The van der Waals surface area contributed by atoms with Crippen LogP contribution in [0.15, 0.2) is 18.2 Å². The normalized spacial score (nSPS) is 12.5. The molecule has 0 amide bonds. The summed E-state index contributed by atoms with van der Waals surface area (Å²) in [7, 11) is 0. The molecule has 4 heteroatoms. The molecule has 0 bridgehead atoms. The summed E-state index contributed by atoms with van der Waals surface area (Å²) in [6.07, 6.45) is 0.145. The Morgan fingerprint density at radius 3 is 2.79 bits per heavy atom. The average Bonchev–Trinajstić information content (AvgIpc) is 2.11. The van der Waals surface area contributed by atoms with Gasteiger partial charge in [-0.3, -0.25) is 4.79 Å². The van der Waals surface area contributed by atoms with Gasteiger partial charge in [-0.05, 0) is 30.5 Å². The topological polar surface area (TPSA) is 63.3 Å². The van der Waals surface area contributed by atoms with Gasteiger partial charge in [0.05, 0.1) is 0 Å². The van der Waals surface area contributed by atoms with Crippen molar-refractivity contribution in [1.82, 2.24) is 0 Å². The van der Waals surface area contributed by atoms with Crippen LogP contribution < -0.4 is 5.73 Å². The van der Waals surface area contributed by atoms with E-state index >= 15 is 0 Å². The van der Waals surface area contributed by atoms with Gasteiger partial charge in [0.1, 0.15) is 11.9 Å². The molecule has 0 aliphatic rings. The van der Waals surface area contributed by atoms with Crippen molar-refractivity contribution in [3.05, 3.63) is 35.1 Å². The summed E-state index contributed by atoms with van der Waals surface area (Å²) in [6.45, 7) is 1.65. The summed E-state index contributed by atoms with van der Waals surface area (Å²) in [6, 6.07) is 3.63. The van der Waals surface area contributed by atoms with Crippen LogP contribution in [0.2, 0.25) is 0 Å². The monoisotopic (exact) mass is 197 g/mol. The van der Waals surface area contributed by atoms with Gasteiger partial charge in [-0.2, -0.15) is 0 Å². The van der Waals surface area contributed by atoms with Crippen molar-refractivity contribution in [2.45, 2.75) is 19.4 Å². The van der Waals surface area contributed by atoms with Gasteiger partial charge in [0, 0.05) is 0 Å². The van der Waals surface area contributed by atoms with Gasteiger partial charge in [0.15, 0.2) is 0 Å². The minimum Gasteiger partial charge on any atom is -0.480 e. The maximum Gasteiger partial charge on any atom is 0.320 e. The Bertz CT molecular complexity index is 352. The number of aliphatic carboxylic acids is 1. The molecule has 1 aromatic carbocycles. The summed E-state index contributed by atoms with van der Waals surface area (Å²) < 4.78 is 13.0. The molecule has 1 aromatic rings. The van der Waals surface area contributed by atoms with Gasteiger partial charge < -0.3 is 10.8 Å². The Morgan fingerprint density at radius 1 is 1.64 bits per heavy atom. The molecule has 0 fully saturated rings. The second-order valence-electron chi connectivity index (χ2n) is 3.23. The lowest BCUT2D eigenvalue weighted by molar-refractivity contribution is -0.138. The lowest BCUT2D eigenvalue weighted by Gasteiger charge is -2.06. The number of nitrogens with two attached hydrogens (primary N) is 1. The van der Waals surface area contributed by atoms with Crippen LogP contribution in [0, 0.1) is 12.7 Å². The fourth-order valence-corrected chi connectivity index (χ4v) is 1.10. The highest BCUT2D eigenvalue weighted by Gasteiger charge is 2.12. The molecule has 1 atom stereocenters. The third-order valence-corrected chi connectivity index (χ3v) is 2.01. The van der Waals surface area contributed by atoms with Crippen LogP contribution in [0.25, 0.3) is 0 Å². The summed E-state index contributed by atoms with van der Waals surface area (Å²) >= 11 is 0. The van der Waals surface area contributed by atoms with E-state index in [1.807, 2.05) is 0 Å². The second kappa shape index (κ2) is 4.19. The maximum atomic E-state index is 13.0. The van der Waals surface area contributed by atoms with E-state index in [-0.39, 0.29) is 12.2 Å². The molecular formula is C10H12FNO2. The van der Waals surface area contributed by atoms with Crippen molar-refractivity contribution < 1.29 is 14.3 Å². The van der Waals surface area contributed by atoms with Gasteiger partial charge >= 0.3 is 5.97 Å². The standard InChI is InChI=1S/C10H12FNO2/c1-6-2-3-7(4-8(6)11)5-9(12)10(13)14/h2-4,9H,5,12H2,1H3,(H,13,14)/t9-/m1/s1. The van der Waals surface area contributed by atoms with Crippen molar-refractivity contribution in [3.8, 4) is 0 Å². The minimum absolute atomic E-state index is 0.145. The zero-order valence-electron chi connectivity index (χ0n) is 7.83. The molecule has 3 nitrogen and oxygen atoms in total. The molecule has 0 saturated heterocycles. The molecular weight excluding hydrogens is 185 g/mol. The minimum atomic E-state index is -1.08. The number of hydrogen-bond acceptors (Lipinski definition) is 2. The van der Waals surface area contributed by atoms with Crippen LogP contribution in [0.4, 0.5) is 4.39 Å². The van der Waals surface area contributed by atoms with E-state index < -0.39 is 12.0 Å². The highest BCUT2D eigenvalue weighted by molar-refractivity contribution is 5.73. The molecule has 1 rings (SSSR count). The Kier molecular flexibility index (Phi) is 3.19. The summed E-state index contributed by atoms with van der Waals surface area (Å²) in [5, 5.41) is 8.55. The third kappa shape index (κ3) is 2.53. The first-order valence-corrected chi connectivity index (χ1v) is 4.24. The van der Waals surface area contributed by atoms with Crippen molar-refractivity contribution in [2.75, 3.05) is 0 Å². The molecule has 0 aliphatic heterocycles. The quantitative estimate of drug-likeness (QED) is 0.762. The first kappa shape index (κ1) is 10.7. The smallest absolute Gasteiger partial charge is 0.320 e. The lowest BCUT2D eigenvalue weighted by atomic mass is 10.0. The summed E-state index contributed by atoms with van der Waals surface area (Å²) in [5.74, 6) is -1.41. The summed E-state index contributed by atoms with van der Waals surface area (Å²) in [4.78, 5) is 10.4. The van der Waals surface area contributed by atoms with Gasteiger partial charge in [-0.25, -0.2) is 4.39 Å². The molecule has 0 radical (unpaired) electrons. The van der Waals surface area contributed by atoms with Crippen molar-refractivity contribution in [2.24, 2.45) is 5.73 Å². The van der Waals surface area contributed by atoms with E-state index in [4.69, 9.17) is 10.8 Å². The number of halogens is 1. The van der Waals surface area contributed by atoms with Crippen molar-refractivity contribution in [1.29, 1.82) is 0 Å². The van der Waals surface area contributed by atoms with E-state index in [9.17, 15) is 9.18 Å². The Labute approximate surface area is 81.4 Å². The van der Waals surface area contributed by atoms with Crippen LogP contribution >= 0.6 is 0 Å². The molecule has 76 valence electrons. The highest BCUT2D eigenvalue weighted by Crippen LogP contribution is 2.10. The first-order chi connectivity index (χ1) is 6.50. The molecule has 0 heterocycles. The predicted octanol–water partition coefficient (Wildman–Crippen LogP) is 1.09. The SMILES string of the molecule is Cc1ccc(C[C@@H](N)C(=O)O)cc1F. The lowest BCUT2D eigenvalue weighted by Crippen LogP contribution is -2.32. The van der Waals surface area contributed by atoms with E-state index in [2.05, 4.69) is 0 Å². The van der Waals surface area contributed by atoms with Gasteiger partial charge in [0.25, 0.3) is 0 Å². The van der Waals surface area contributed by atoms with E-state index in [0.717, 1.165) is 0 Å². The number of benzene rings is 1. The largest absolute Gasteiger partial charge is 0.480 e. The van der Waals surface area contributed by atoms with Crippen LogP contribution in [0.5, 0.6) is 0 Å². The number of rotatable bonds is 3. The predicted molar refractivity (Wildman–Crippen MR) is 50.5 cm³/mol. The maximum absolute atomic E-state index is 13.0. The number of carboxylic acid groups (broad SMARTS) is 1. The number of hydrogen-bond donors (Lipinski definition) is 2. The molecule has 0 aliphatic carbocycles. The van der Waals surface area contributed by atoms with Gasteiger partial charge in [-0.15, -0.1) is 0 Å². The number of carbonyl (C=O) groups is 1. The summed E-state index contributed by atoms with van der Waals surface area (Å²) in [5.41, 5.74) is 6.45. The molecule has 14 heavy (non-hydrogen) atoms.